The number of benzene rings is 1. The molecule has 0 bridgehead atoms. The number of nitrogens with zero attached hydrogens (tertiary/aromatic N) is 1. The van der Waals surface area contributed by atoms with Crippen molar-refractivity contribution < 1.29 is 9.90 Å². The summed E-state index contributed by atoms with van der Waals surface area (Å²) in [5, 5.41) is 10.0. The average Bonchev–Trinajstić information content (AvgIpc) is 2.75. The Hall–Kier alpha value is -0.710. The minimum Gasteiger partial charge on any atom is -0.391 e. The van der Waals surface area contributed by atoms with Gasteiger partial charge < -0.3 is 10.0 Å². The number of aliphatic hydroxyl groups excluding tert-OH is 1. The maximum Gasteiger partial charge on any atom is 0.233 e. The van der Waals surface area contributed by atoms with Gasteiger partial charge >= 0.3 is 0 Å². The number of hydrogen-bond acceptors (Lipinski definition) is 3. The Kier molecular flexibility index (Phi) is 4.31. The van der Waals surface area contributed by atoms with Crippen LogP contribution >= 0.6 is 23.4 Å². The van der Waals surface area contributed by atoms with E-state index in [1.807, 2.05) is 24.3 Å². The first kappa shape index (κ1) is 12.7. The maximum atomic E-state index is 11.8. The van der Waals surface area contributed by atoms with Crippen molar-refractivity contribution in [3.63, 3.8) is 0 Å². The van der Waals surface area contributed by atoms with Crippen LogP contribution in [-0.2, 0) is 4.79 Å². The number of carbonyl (C=O) groups is 1. The van der Waals surface area contributed by atoms with E-state index in [-0.39, 0.29) is 12.0 Å². The largest absolute Gasteiger partial charge is 0.391 e. The number of likely N-dealkylation sites (tertiary alicyclic amines) is 1. The molecule has 0 radical (unpaired) electrons. The Labute approximate surface area is 110 Å². The Balaban J connectivity index is 1.82. The third-order valence-corrected chi connectivity index (χ3v) is 3.94. The third kappa shape index (κ3) is 3.63. The summed E-state index contributed by atoms with van der Waals surface area (Å²) < 4.78 is 0. The second-order valence-corrected chi connectivity index (χ2v) is 5.51. The quantitative estimate of drug-likeness (QED) is 0.855. The Bertz CT molecular complexity index is 396. The molecular weight excluding hydrogens is 258 g/mol. The first-order valence-electron chi connectivity index (χ1n) is 5.49. The third-order valence-electron chi connectivity index (χ3n) is 2.69. The highest BCUT2D eigenvalue weighted by molar-refractivity contribution is 8.00. The molecule has 0 aliphatic carbocycles. The van der Waals surface area contributed by atoms with Crippen LogP contribution in [0.25, 0.3) is 0 Å². The Morgan fingerprint density at radius 2 is 2.18 bits per heavy atom. The highest BCUT2D eigenvalue weighted by atomic mass is 35.5. The maximum absolute atomic E-state index is 11.8. The first-order chi connectivity index (χ1) is 8.15. The zero-order chi connectivity index (χ0) is 12.3. The predicted octanol–water partition coefficient (Wildman–Crippen LogP) is 2.03. The number of amides is 1. The van der Waals surface area contributed by atoms with Gasteiger partial charge in [0, 0.05) is 23.0 Å². The van der Waals surface area contributed by atoms with Gasteiger partial charge in [-0.3, -0.25) is 4.79 Å². The molecule has 1 aromatic rings. The lowest BCUT2D eigenvalue weighted by Crippen LogP contribution is -2.30. The second kappa shape index (κ2) is 5.76. The number of halogens is 1. The molecule has 92 valence electrons. The number of hydrogen-bond donors (Lipinski definition) is 1. The topological polar surface area (TPSA) is 40.5 Å². The molecule has 3 nitrogen and oxygen atoms in total. The standard InChI is InChI=1S/C12H14ClNO2S/c13-9-1-3-11(4-2-9)17-8-12(16)14-6-5-10(15)7-14/h1-4,10,15H,5-8H2/t10-/m0/s1. The van der Waals surface area contributed by atoms with E-state index in [0.717, 1.165) is 4.90 Å². The van der Waals surface area contributed by atoms with Crippen LogP contribution in [0.4, 0.5) is 0 Å². The zero-order valence-electron chi connectivity index (χ0n) is 9.30. The fourth-order valence-corrected chi connectivity index (χ4v) is 2.66. The van der Waals surface area contributed by atoms with Crippen LogP contribution in [-0.4, -0.2) is 40.9 Å². The van der Waals surface area contributed by atoms with Crippen LogP contribution in [0.15, 0.2) is 29.2 Å². The van der Waals surface area contributed by atoms with Gasteiger partial charge in [0.15, 0.2) is 0 Å². The minimum atomic E-state index is -0.348. The predicted molar refractivity (Wildman–Crippen MR) is 69.4 cm³/mol. The molecule has 0 spiro atoms. The molecule has 1 N–H and O–H groups in total. The lowest BCUT2D eigenvalue weighted by atomic mass is 10.3. The summed E-state index contributed by atoms with van der Waals surface area (Å²) in [5.41, 5.74) is 0. The Morgan fingerprint density at radius 1 is 1.47 bits per heavy atom. The van der Waals surface area contributed by atoms with Crippen molar-refractivity contribution in [2.75, 3.05) is 18.8 Å². The fourth-order valence-electron chi connectivity index (χ4n) is 1.74. The van der Waals surface area contributed by atoms with Crippen molar-refractivity contribution in [1.29, 1.82) is 0 Å². The van der Waals surface area contributed by atoms with E-state index >= 15 is 0 Å². The van der Waals surface area contributed by atoms with Crippen LogP contribution in [0.3, 0.4) is 0 Å². The van der Waals surface area contributed by atoms with Crippen molar-refractivity contribution in [3.05, 3.63) is 29.3 Å². The van der Waals surface area contributed by atoms with E-state index < -0.39 is 0 Å². The summed E-state index contributed by atoms with van der Waals surface area (Å²) >= 11 is 7.28. The van der Waals surface area contributed by atoms with Crippen molar-refractivity contribution in [3.8, 4) is 0 Å². The molecule has 1 aliphatic rings. The minimum absolute atomic E-state index is 0.0847. The van der Waals surface area contributed by atoms with Crippen molar-refractivity contribution in [1.82, 2.24) is 4.90 Å². The number of aliphatic hydroxyl groups is 1. The highest BCUT2D eigenvalue weighted by Gasteiger charge is 2.24. The normalized spacial score (nSPS) is 19.6. The van der Waals surface area contributed by atoms with Crippen molar-refractivity contribution in [2.45, 2.75) is 17.4 Å². The van der Waals surface area contributed by atoms with Crippen LogP contribution in [0, 0.1) is 0 Å². The second-order valence-electron chi connectivity index (χ2n) is 4.02. The Morgan fingerprint density at radius 3 is 2.76 bits per heavy atom. The summed E-state index contributed by atoms with van der Waals surface area (Å²) in [7, 11) is 0. The van der Waals surface area contributed by atoms with E-state index in [1.54, 1.807) is 4.90 Å². The van der Waals surface area contributed by atoms with Gasteiger partial charge in [-0.2, -0.15) is 0 Å². The van der Waals surface area contributed by atoms with Crippen LogP contribution in [0.1, 0.15) is 6.42 Å². The molecule has 5 heteroatoms. The van der Waals surface area contributed by atoms with Crippen molar-refractivity contribution in [2.24, 2.45) is 0 Å². The van der Waals surface area contributed by atoms with Crippen LogP contribution < -0.4 is 0 Å². The highest BCUT2D eigenvalue weighted by Crippen LogP contribution is 2.21. The molecule has 1 amide bonds. The lowest BCUT2D eigenvalue weighted by Gasteiger charge is -2.14. The van der Waals surface area contributed by atoms with E-state index in [0.29, 0.717) is 30.3 Å². The summed E-state index contributed by atoms with van der Waals surface area (Å²) in [5.74, 6) is 0.496. The summed E-state index contributed by atoms with van der Waals surface area (Å²) in [6, 6.07) is 7.43. The van der Waals surface area contributed by atoms with Crippen LogP contribution in [0.2, 0.25) is 5.02 Å². The van der Waals surface area contributed by atoms with Gasteiger partial charge in [0.25, 0.3) is 0 Å². The molecule has 1 aromatic carbocycles. The molecule has 1 atom stereocenters. The molecule has 1 fully saturated rings. The van der Waals surface area contributed by atoms with E-state index in [1.165, 1.54) is 11.8 Å². The number of β-amino-alcohol motifs (C(OH)–C–C–N with tert-alkyl or cyclic N) is 1. The monoisotopic (exact) mass is 271 g/mol. The van der Waals surface area contributed by atoms with E-state index in [4.69, 9.17) is 11.6 Å². The van der Waals surface area contributed by atoms with E-state index in [9.17, 15) is 9.90 Å². The molecule has 1 saturated heterocycles. The molecule has 0 saturated carbocycles. The van der Waals surface area contributed by atoms with Gasteiger partial charge in [-0.15, -0.1) is 11.8 Å². The smallest absolute Gasteiger partial charge is 0.233 e. The number of carbonyl (C=O) groups excluding carboxylic acids is 1. The van der Waals surface area contributed by atoms with Crippen molar-refractivity contribution >= 4 is 29.3 Å². The van der Waals surface area contributed by atoms with Gasteiger partial charge in [-0.1, -0.05) is 11.6 Å². The van der Waals surface area contributed by atoms with Crippen LogP contribution in [0.5, 0.6) is 0 Å². The summed E-state index contributed by atoms with van der Waals surface area (Å²) in [6.45, 7) is 1.14. The molecule has 2 rings (SSSR count). The lowest BCUT2D eigenvalue weighted by molar-refractivity contribution is -0.127. The summed E-state index contributed by atoms with van der Waals surface area (Å²) in [4.78, 5) is 14.5. The number of rotatable bonds is 3. The molecular formula is C12H14ClNO2S. The molecule has 1 heterocycles. The first-order valence-corrected chi connectivity index (χ1v) is 6.86. The molecule has 17 heavy (non-hydrogen) atoms. The molecule has 0 unspecified atom stereocenters. The SMILES string of the molecule is O=C(CSc1ccc(Cl)cc1)N1CC[C@H](O)C1. The van der Waals surface area contributed by atoms with Gasteiger partial charge in [0.2, 0.25) is 5.91 Å². The van der Waals surface area contributed by atoms with Gasteiger partial charge in [0.05, 0.1) is 11.9 Å². The average molecular weight is 272 g/mol. The molecule has 1 aliphatic heterocycles. The van der Waals surface area contributed by atoms with Gasteiger partial charge in [0.1, 0.15) is 0 Å². The zero-order valence-corrected chi connectivity index (χ0v) is 10.9. The van der Waals surface area contributed by atoms with E-state index in [2.05, 4.69) is 0 Å². The number of thioether (sulfide) groups is 1. The summed E-state index contributed by atoms with van der Waals surface area (Å²) in [6.07, 6.45) is 0.344. The van der Waals surface area contributed by atoms with Gasteiger partial charge in [-0.05, 0) is 30.7 Å². The fraction of sp³-hybridized carbons (Fsp3) is 0.417. The molecule has 0 aromatic heterocycles. The van der Waals surface area contributed by atoms with Gasteiger partial charge in [-0.25, -0.2) is 0 Å².